The molecule has 1 aromatic heterocycles. The number of carbonyl (C=O) groups is 1. The van der Waals surface area contributed by atoms with Crippen LogP contribution in [0, 0.1) is 17.1 Å². The Bertz CT molecular complexity index is 1460. The summed E-state index contributed by atoms with van der Waals surface area (Å²) in [6.07, 6.45) is 2.65. The fourth-order valence-corrected chi connectivity index (χ4v) is 3.57. The predicted molar refractivity (Wildman–Crippen MR) is 137 cm³/mol. The number of rotatable bonds is 9. The number of pyridine rings is 1. The molecule has 0 fully saturated rings. The molecule has 0 saturated heterocycles. The molecule has 1 amide bonds. The van der Waals surface area contributed by atoms with Gasteiger partial charge in [-0.1, -0.05) is 18.7 Å². The molecule has 7 nitrogen and oxygen atoms in total. The van der Waals surface area contributed by atoms with Crippen molar-refractivity contribution in [2.24, 2.45) is 0 Å². The highest BCUT2D eigenvalue weighted by molar-refractivity contribution is 6.04. The van der Waals surface area contributed by atoms with Gasteiger partial charge in [-0.25, -0.2) is 4.39 Å². The number of benzene rings is 3. The summed E-state index contributed by atoms with van der Waals surface area (Å²) in [5, 5.41) is 16.4. The van der Waals surface area contributed by atoms with Crippen LogP contribution in [-0.2, 0) is 11.4 Å². The first-order valence-corrected chi connectivity index (χ1v) is 11.2. The van der Waals surface area contributed by atoms with Gasteiger partial charge in [0, 0.05) is 23.3 Å². The highest BCUT2D eigenvalue weighted by atomic mass is 19.1. The van der Waals surface area contributed by atoms with Gasteiger partial charge < -0.3 is 20.1 Å². The number of ether oxygens (including phenoxy) is 2. The second kappa shape index (κ2) is 11.0. The number of fused-ring (bicyclic) bond motifs is 1. The maximum Gasteiger partial charge on any atom is 0.247 e. The number of hydrogen-bond acceptors (Lipinski definition) is 6. The maximum atomic E-state index is 13.4. The molecule has 0 aliphatic carbocycles. The lowest BCUT2D eigenvalue weighted by molar-refractivity contribution is -0.111. The van der Waals surface area contributed by atoms with E-state index in [0.29, 0.717) is 51.6 Å². The predicted octanol–water partition coefficient (Wildman–Crippen LogP) is 6.09. The van der Waals surface area contributed by atoms with E-state index in [1.807, 2.05) is 19.1 Å². The third kappa shape index (κ3) is 5.59. The number of nitriles is 1. The summed E-state index contributed by atoms with van der Waals surface area (Å²) in [6.45, 7) is 5.97. The monoisotopic (exact) mass is 482 g/mol. The molecule has 0 radical (unpaired) electrons. The minimum atomic E-state index is -0.386. The Morgan fingerprint density at radius 3 is 2.67 bits per heavy atom. The van der Waals surface area contributed by atoms with Crippen LogP contribution in [0.4, 0.5) is 21.5 Å². The van der Waals surface area contributed by atoms with Crippen molar-refractivity contribution in [2.75, 3.05) is 17.2 Å². The normalized spacial score (nSPS) is 10.4. The second-order valence-corrected chi connectivity index (χ2v) is 7.72. The first-order chi connectivity index (χ1) is 17.5. The number of amides is 1. The average molecular weight is 483 g/mol. The summed E-state index contributed by atoms with van der Waals surface area (Å²) in [5.41, 5.74) is 3.33. The van der Waals surface area contributed by atoms with Crippen LogP contribution in [0.5, 0.6) is 11.5 Å². The first kappa shape index (κ1) is 24.2. The third-order valence-electron chi connectivity index (χ3n) is 5.25. The Balaban J connectivity index is 1.63. The van der Waals surface area contributed by atoms with Crippen LogP contribution in [0.2, 0.25) is 0 Å². The van der Waals surface area contributed by atoms with E-state index in [2.05, 4.69) is 28.3 Å². The zero-order valence-corrected chi connectivity index (χ0v) is 19.5. The molecule has 0 bridgehead atoms. The van der Waals surface area contributed by atoms with Crippen molar-refractivity contribution in [3.05, 3.63) is 96.5 Å². The van der Waals surface area contributed by atoms with Crippen LogP contribution in [0.3, 0.4) is 0 Å². The van der Waals surface area contributed by atoms with Crippen molar-refractivity contribution in [1.29, 1.82) is 5.26 Å². The maximum absolute atomic E-state index is 13.4. The zero-order chi connectivity index (χ0) is 25.5. The van der Waals surface area contributed by atoms with Gasteiger partial charge in [-0.05, 0) is 61.0 Å². The molecule has 1 heterocycles. The van der Waals surface area contributed by atoms with Crippen molar-refractivity contribution in [3.63, 3.8) is 0 Å². The van der Waals surface area contributed by atoms with E-state index >= 15 is 0 Å². The van der Waals surface area contributed by atoms with Crippen LogP contribution in [0.15, 0.2) is 79.5 Å². The van der Waals surface area contributed by atoms with E-state index < -0.39 is 0 Å². The van der Waals surface area contributed by atoms with Gasteiger partial charge >= 0.3 is 0 Å². The van der Waals surface area contributed by atoms with Crippen molar-refractivity contribution in [1.82, 2.24) is 4.98 Å². The van der Waals surface area contributed by atoms with Crippen LogP contribution in [-0.4, -0.2) is 17.5 Å². The molecule has 4 aromatic rings. The van der Waals surface area contributed by atoms with Gasteiger partial charge in [0.2, 0.25) is 5.91 Å². The Kier molecular flexibility index (Phi) is 7.42. The van der Waals surface area contributed by atoms with Gasteiger partial charge in [0.1, 0.15) is 30.0 Å². The average Bonchev–Trinajstić information content (AvgIpc) is 2.89. The summed E-state index contributed by atoms with van der Waals surface area (Å²) in [5.74, 6) is 0.376. The highest BCUT2D eigenvalue weighted by Gasteiger charge is 2.15. The highest BCUT2D eigenvalue weighted by Crippen LogP contribution is 2.36. The summed E-state index contributed by atoms with van der Waals surface area (Å²) in [7, 11) is 0. The van der Waals surface area contributed by atoms with Crippen molar-refractivity contribution < 1.29 is 18.7 Å². The number of nitrogens with one attached hydrogen (secondary N) is 2. The molecule has 0 saturated carbocycles. The largest absolute Gasteiger partial charge is 0.492 e. The topological polar surface area (TPSA) is 96.3 Å². The van der Waals surface area contributed by atoms with Crippen LogP contribution < -0.4 is 20.1 Å². The zero-order valence-electron chi connectivity index (χ0n) is 19.5. The number of nitrogens with zero attached hydrogens (tertiary/aromatic N) is 2. The number of anilines is 3. The van der Waals surface area contributed by atoms with E-state index in [0.717, 1.165) is 5.56 Å². The molecular formula is C28H23FN4O3. The molecule has 4 rings (SSSR count). The third-order valence-corrected chi connectivity index (χ3v) is 5.25. The second-order valence-electron chi connectivity index (χ2n) is 7.72. The number of hydrogen-bond donors (Lipinski definition) is 2. The van der Waals surface area contributed by atoms with Crippen LogP contribution >= 0.6 is 0 Å². The Morgan fingerprint density at radius 2 is 1.97 bits per heavy atom. The molecule has 3 aromatic carbocycles. The van der Waals surface area contributed by atoms with Gasteiger partial charge in [0.25, 0.3) is 0 Å². The molecule has 36 heavy (non-hydrogen) atoms. The molecule has 2 N–H and O–H groups in total. The summed E-state index contributed by atoms with van der Waals surface area (Å²) in [4.78, 5) is 16.4. The standard InChI is InChI=1S/C28H23FN4O3/c1-3-27(34)33-25-13-23-24(14-26(25)35-4-2)31-16-19(15-30)28(23)32-21-8-10-22(11-9-21)36-17-18-6-5-7-20(29)12-18/h3,5-14,16H,1,4,17H2,2H3,(H,31,32)(H,33,34). The fraction of sp³-hybridized carbons (Fsp3) is 0.107. The van der Waals surface area contributed by atoms with E-state index in [-0.39, 0.29) is 18.3 Å². The van der Waals surface area contributed by atoms with Gasteiger partial charge in [0.15, 0.2) is 0 Å². The van der Waals surface area contributed by atoms with Crippen molar-refractivity contribution in [2.45, 2.75) is 13.5 Å². The van der Waals surface area contributed by atoms with Gasteiger partial charge in [0.05, 0.1) is 29.1 Å². The minimum Gasteiger partial charge on any atom is -0.492 e. The molecule has 8 heteroatoms. The molecule has 0 spiro atoms. The molecule has 0 atom stereocenters. The lowest BCUT2D eigenvalue weighted by atomic mass is 10.1. The van der Waals surface area contributed by atoms with Crippen LogP contribution in [0.25, 0.3) is 10.9 Å². The number of carbonyl (C=O) groups excluding carboxylic acids is 1. The Hall–Kier alpha value is -4.90. The number of halogens is 1. The van der Waals surface area contributed by atoms with Gasteiger partial charge in [-0.15, -0.1) is 0 Å². The lowest BCUT2D eigenvalue weighted by Gasteiger charge is -2.16. The lowest BCUT2D eigenvalue weighted by Crippen LogP contribution is -2.09. The summed E-state index contributed by atoms with van der Waals surface area (Å²) < 4.78 is 24.8. The van der Waals surface area contributed by atoms with Crippen molar-refractivity contribution >= 4 is 33.9 Å². The smallest absolute Gasteiger partial charge is 0.247 e. The van der Waals surface area contributed by atoms with Crippen LogP contribution in [0.1, 0.15) is 18.1 Å². The van der Waals surface area contributed by atoms with E-state index in [1.165, 1.54) is 24.4 Å². The molecule has 0 unspecified atom stereocenters. The minimum absolute atomic E-state index is 0.236. The van der Waals surface area contributed by atoms with Gasteiger partial charge in [-0.3, -0.25) is 9.78 Å². The number of aromatic nitrogens is 1. The Labute approximate surface area is 207 Å². The Morgan fingerprint density at radius 1 is 1.17 bits per heavy atom. The van der Waals surface area contributed by atoms with E-state index in [1.54, 1.807) is 36.4 Å². The van der Waals surface area contributed by atoms with Gasteiger partial charge in [-0.2, -0.15) is 5.26 Å². The summed E-state index contributed by atoms with van der Waals surface area (Å²) in [6, 6.07) is 19.0. The van der Waals surface area contributed by atoms with Crippen molar-refractivity contribution in [3.8, 4) is 17.6 Å². The molecule has 0 aliphatic heterocycles. The summed E-state index contributed by atoms with van der Waals surface area (Å²) >= 11 is 0. The van der Waals surface area contributed by atoms with E-state index in [4.69, 9.17) is 9.47 Å². The molecular weight excluding hydrogens is 459 g/mol. The molecule has 180 valence electrons. The fourth-order valence-electron chi connectivity index (χ4n) is 3.57. The van der Waals surface area contributed by atoms with E-state index in [9.17, 15) is 14.4 Å². The quantitative estimate of drug-likeness (QED) is 0.280. The first-order valence-electron chi connectivity index (χ1n) is 11.2. The molecule has 0 aliphatic rings. The SMILES string of the molecule is C=CC(=O)Nc1cc2c(Nc3ccc(OCc4cccc(F)c4)cc3)c(C#N)cnc2cc1OCC.